The van der Waals surface area contributed by atoms with Gasteiger partial charge >= 0.3 is 0 Å². The first-order chi connectivity index (χ1) is 12.8. The van der Waals surface area contributed by atoms with Gasteiger partial charge in [-0.25, -0.2) is 0 Å². The van der Waals surface area contributed by atoms with Crippen molar-refractivity contribution in [1.82, 2.24) is 15.5 Å². The molecule has 0 unspecified atom stereocenters. The Hall–Kier alpha value is -1.03. The van der Waals surface area contributed by atoms with Crippen molar-refractivity contribution in [2.75, 3.05) is 50.7 Å². The topological polar surface area (TPSA) is 60.0 Å². The van der Waals surface area contributed by atoms with Crippen LogP contribution in [0.5, 0.6) is 0 Å². The van der Waals surface area contributed by atoms with Crippen molar-refractivity contribution in [2.24, 2.45) is 10.9 Å². The first-order valence-electron chi connectivity index (χ1n) is 9.87. The normalized spacial score (nSPS) is 17.9. The summed E-state index contributed by atoms with van der Waals surface area (Å²) in [5.41, 5.74) is 0. The average molecular weight is 505 g/mol. The number of thiophene rings is 1. The van der Waals surface area contributed by atoms with Gasteiger partial charge in [0.1, 0.15) is 0 Å². The summed E-state index contributed by atoms with van der Waals surface area (Å²) in [6, 6.07) is 4.30. The molecule has 1 aromatic rings. The summed E-state index contributed by atoms with van der Waals surface area (Å²) < 4.78 is 0. The van der Waals surface area contributed by atoms with Crippen molar-refractivity contribution in [3.8, 4) is 0 Å². The summed E-state index contributed by atoms with van der Waals surface area (Å²) in [6.45, 7) is 8.50. The monoisotopic (exact) mass is 505 g/mol. The fourth-order valence-electron chi connectivity index (χ4n) is 3.30. The maximum absolute atomic E-state index is 11.8. The molecule has 0 radical (unpaired) electrons. The van der Waals surface area contributed by atoms with Gasteiger partial charge in [0.15, 0.2) is 5.96 Å². The lowest BCUT2D eigenvalue weighted by molar-refractivity contribution is -0.127. The van der Waals surface area contributed by atoms with Crippen LogP contribution in [-0.2, 0) is 4.79 Å². The van der Waals surface area contributed by atoms with E-state index in [1.54, 1.807) is 11.3 Å². The van der Waals surface area contributed by atoms with E-state index in [0.717, 1.165) is 71.0 Å². The number of hydrogen-bond donors (Lipinski definition) is 2. The molecular weight excluding hydrogens is 473 g/mol. The van der Waals surface area contributed by atoms with Crippen LogP contribution >= 0.6 is 35.3 Å². The first kappa shape index (κ1) is 22.3. The Morgan fingerprint density at radius 1 is 1.26 bits per heavy atom. The first-order valence-corrected chi connectivity index (χ1v) is 10.8. The largest absolute Gasteiger partial charge is 0.360 e. The summed E-state index contributed by atoms with van der Waals surface area (Å²) in [5.74, 6) is 1.51. The molecule has 2 N–H and O–H groups in total. The number of aliphatic imine (C=N–C) groups is 1. The molecule has 1 aromatic heterocycles. The third-order valence-corrected chi connectivity index (χ3v) is 6.03. The lowest BCUT2D eigenvalue weighted by Crippen LogP contribution is -2.52. The Bertz CT molecular complexity index is 583. The Morgan fingerprint density at radius 2 is 2.04 bits per heavy atom. The number of rotatable bonds is 7. The zero-order valence-corrected chi connectivity index (χ0v) is 19.3. The van der Waals surface area contributed by atoms with Crippen LogP contribution in [0.15, 0.2) is 22.5 Å². The number of halogens is 1. The van der Waals surface area contributed by atoms with Gasteiger partial charge in [0.25, 0.3) is 0 Å². The summed E-state index contributed by atoms with van der Waals surface area (Å²) >= 11 is 1.81. The van der Waals surface area contributed by atoms with Crippen molar-refractivity contribution >= 4 is 52.2 Å². The average Bonchev–Trinajstić information content (AvgIpc) is 3.14. The molecule has 6 nitrogen and oxygen atoms in total. The lowest BCUT2D eigenvalue weighted by Gasteiger charge is -2.37. The Labute approximate surface area is 183 Å². The molecular formula is C19H32IN5OS. The summed E-state index contributed by atoms with van der Waals surface area (Å²) in [5, 5.41) is 9.95. The van der Waals surface area contributed by atoms with Gasteiger partial charge in [-0.15, -0.1) is 35.3 Å². The van der Waals surface area contributed by atoms with Gasteiger partial charge in [0.05, 0.1) is 5.00 Å². The van der Waals surface area contributed by atoms with E-state index in [1.165, 1.54) is 11.4 Å². The quantitative estimate of drug-likeness (QED) is 0.259. The highest BCUT2D eigenvalue weighted by atomic mass is 127. The number of carbonyl (C=O) groups is 1. The van der Waals surface area contributed by atoms with E-state index < -0.39 is 0 Å². The minimum Gasteiger partial charge on any atom is -0.360 e. The van der Waals surface area contributed by atoms with Crippen LogP contribution in [0.4, 0.5) is 5.00 Å². The number of nitrogens with zero attached hydrogens (tertiary/aromatic N) is 3. The standard InChI is InChI=1S/C19H31N5OS.HI/c1-2-20-19(22-10-5-9-21-18(25)16-6-3-7-16)24-13-11-23(12-14-24)17-8-4-15-26-17;/h4,8,15-16H,2-3,5-7,9-14H2,1H3,(H,20,22)(H,21,25);1H. The fraction of sp³-hybridized carbons (Fsp3) is 0.684. The van der Waals surface area contributed by atoms with Gasteiger partial charge < -0.3 is 20.4 Å². The molecule has 2 heterocycles. The summed E-state index contributed by atoms with van der Waals surface area (Å²) in [4.78, 5) is 21.4. The Balaban J connectivity index is 0.00000261. The SMILES string of the molecule is CCNC(=NCCCNC(=O)C1CCC1)N1CCN(c2cccs2)CC1.I. The fourth-order valence-corrected chi connectivity index (χ4v) is 4.09. The number of amides is 1. The van der Waals surface area contributed by atoms with Crippen molar-refractivity contribution < 1.29 is 4.79 Å². The van der Waals surface area contributed by atoms with Gasteiger partial charge in [0, 0.05) is 51.7 Å². The van der Waals surface area contributed by atoms with Crippen LogP contribution in [0.25, 0.3) is 0 Å². The molecule has 152 valence electrons. The van der Waals surface area contributed by atoms with Crippen LogP contribution in [0.3, 0.4) is 0 Å². The molecule has 2 fully saturated rings. The second-order valence-electron chi connectivity index (χ2n) is 6.93. The maximum Gasteiger partial charge on any atom is 0.223 e. The van der Waals surface area contributed by atoms with E-state index in [2.05, 4.69) is 44.9 Å². The number of piperazine rings is 1. The molecule has 0 spiro atoms. The number of guanidine groups is 1. The molecule has 1 amide bonds. The predicted octanol–water partition coefficient (Wildman–Crippen LogP) is 2.76. The van der Waals surface area contributed by atoms with Gasteiger partial charge in [-0.05, 0) is 43.7 Å². The minimum absolute atomic E-state index is 0. The molecule has 0 atom stereocenters. The molecule has 1 saturated heterocycles. The van der Waals surface area contributed by atoms with Gasteiger partial charge in [-0.2, -0.15) is 0 Å². The van der Waals surface area contributed by atoms with Crippen LogP contribution in [-0.4, -0.2) is 62.6 Å². The summed E-state index contributed by atoms with van der Waals surface area (Å²) in [7, 11) is 0. The van der Waals surface area contributed by atoms with E-state index in [0.29, 0.717) is 0 Å². The number of anilines is 1. The zero-order chi connectivity index (χ0) is 18.2. The Morgan fingerprint density at radius 3 is 2.63 bits per heavy atom. The van der Waals surface area contributed by atoms with Crippen molar-refractivity contribution in [2.45, 2.75) is 32.6 Å². The Kier molecular flexibility index (Phi) is 9.67. The van der Waals surface area contributed by atoms with E-state index in [9.17, 15) is 4.79 Å². The van der Waals surface area contributed by atoms with Crippen molar-refractivity contribution in [3.05, 3.63) is 17.5 Å². The molecule has 1 aliphatic heterocycles. The molecule has 27 heavy (non-hydrogen) atoms. The highest BCUT2D eigenvalue weighted by molar-refractivity contribution is 14.0. The van der Waals surface area contributed by atoms with Crippen LogP contribution < -0.4 is 15.5 Å². The van der Waals surface area contributed by atoms with Gasteiger partial charge in [0.2, 0.25) is 5.91 Å². The third-order valence-electron chi connectivity index (χ3n) is 5.10. The molecule has 2 aliphatic rings. The number of nitrogens with one attached hydrogen (secondary N) is 2. The second-order valence-corrected chi connectivity index (χ2v) is 7.86. The van der Waals surface area contributed by atoms with Crippen molar-refractivity contribution in [3.63, 3.8) is 0 Å². The second kappa shape index (κ2) is 11.7. The van der Waals surface area contributed by atoms with Gasteiger partial charge in [-0.1, -0.05) is 6.42 Å². The van der Waals surface area contributed by atoms with E-state index >= 15 is 0 Å². The minimum atomic E-state index is 0. The summed E-state index contributed by atoms with van der Waals surface area (Å²) in [6.07, 6.45) is 4.22. The highest BCUT2D eigenvalue weighted by Gasteiger charge is 2.24. The van der Waals surface area contributed by atoms with E-state index in [4.69, 9.17) is 4.99 Å². The van der Waals surface area contributed by atoms with Crippen molar-refractivity contribution in [1.29, 1.82) is 0 Å². The third kappa shape index (κ3) is 6.51. The number of carbonyl (C=O) groups excluding carboxylic acids is 1. The molecule has 8 heteroatoms. The zero-order valence-electron chi connectivity index (χ0n) is 16.2. The molecule has 3 rings (SSSR count). The van der Waals surface area contributed by atoms with E-state index in [1.807, 2.05) is 0 Å². The molecule has 1 saturated carbocycles. The van der Waals surface area contributed by atoms with Crippen LogP contribution in [0.2, 0.25) is 0 Å². The molecule has 0 aromatic carbocycles. The van der Waals surface area contributed by atoms with Crippen LogP contribution in [0, 0.1) is 5.92 Å². The predicted molar refractivity (Wildman–Crippen MR) is 124 cm³/mol. The smallest absolute Gasteiger partial charge is 0.223 e. The van der Waals surface area contributed by atoms with Crippen LogP contribution in [0.1, 0.15) is 32.6 Å². The highest BCUT2D eigenvalue weighted by Crippen LogP contribution is 2.26. The number of hydrogen-bond acceptors (Lipinski definition) is 4. The van der Waals surface area contributed by atoms with Gasteiger partial charge in [-0.3, -0.25) is 9.79 Å². The van der Waals surface area contributed by atoms with E-state index in [-0.39, 0.29) is 35.8 Å². The molecule has 0 bridgehead atoms. The molecule has 1 aliphatic carbocycles. The lowest BCUT2D eigenvalue weighted by atomic mass is 9.85. The maximum atomic E-state index is 11.8.